The normalized spacial score (nSPS) is 13.0. The number of nitrogens with one attached hydrogen (secondary N) is 1. The van der Waals surface area contributed by atoms with E-state index in [-0.39, 0.29) is 12.5 Å². The average molecular weight is 706 g/mol. The Morgan fingerprint density at radius 1 is 0.460 bits per heavy atom. The van der Waals surface area contributed by atoms with Crippen molar-refractivity contribution < 1.29 is 15.0 Å². The van der Waals surface area contributed by atoms with Crippen molar-refractivity contribution in [1.29, 1.82) is 0 Å². The lowest BCUT2D eigenvalue weighted by atomic mass is 10.0. The van der Waals surface area contributed by atoms with Crippen LogP contribution >= 0.6 is 0 Å². The minimum absolute atomic E-state index is 0.0602. The fraction of sp³-hybridized carbons (Fsp3) is 0.935. The summed E-state index contributed by atoms with van der Waals surface area (Å²) >= 11 is 0. The van der Waals surface area contributed by atoms with Crippen LogP contribution in [0.3, 0.4) is 0 Å². The number of carbonyl (C=O) groups is 1. The van der Waals surface area contributed by atoms with Crippen molar-refractivity contribution in [3.63, 3.8) is 0 Å². The molecular formula is C46H91NO3. The van der Waals surface area contributed by atoms with Crippen LogP contribution in [0.2, 0.25) is 0 Å². The van der Waals surface area contributed by atoms with E-state index >= 15 is 0 Å². The van der Waals surface area contributed by atoms with Crippen LogP contribution < -0.4 is 5.32 Å². The molecule has 0 aromatic heterocycles. The lowest BCUT2D eigenvalue weighted by Gasteiger charge is -2.20. The molecule has 0 fully saturated rings. The molecule has 0 bridgehead atoms. The number of rotatable bonds is 42. The van der Waals surface area contributed by atoms with Crippen molar-refractivity contribution in [3.8, 4) is 0 Å². The van der Waals surface area contributed by atoms with Crippen molar-refractivity contribution >= 4 is 5.91 Å². The molecule has 0 saturated heterocycles. The zero-order chi connectivity index (χ0) is 36.4. The maximum atomic E-state index is 12.4. The van der Waals surface area contributed by atoms with E-state index in [0.29, 0.717) is 6.42 Å². The van der Waals surface area contributed by atoms with E-state index in [1.54, 1.807) is 6.08 Å². The second kappa shape index (κ2) is 42.5. The van der Waals surface area contributed by atoms with Gasteiger partial charge in [-0.15, -0.1) is 0 Å². The monoisotopic (exact) mass is 706 g/mol. The van der Waals surface area contributed by atoms with Gasteiger partial charge in [0.1, 0.15) is 0 Å². The highest BCUT2D eigenvalue weighted by Crippen LogP contribution is 2.16. The van der Waals surface area contributed by atoms with E-state index in [0.717, 1.165) is 25.7 Å². The molecule has 0 aliphatic carbocycles. The second-order valence-electron chi connectivity index (χ2n) is 15.8. The Balaban J connectivity index is 3.49. The summed E-state index contributed by atoms with van der Waals surface area (Å²) in [5.41, 5.74) is 0. The van der Waals surface area contributed by atoms with E-state index in [2.05, 4.69) is 19.2 Å². The Hall–Kier alpha value is -0.870. The fourth-order valence-corrected chi connectivity index (χ4v) is 7.24. The van der Waals surface area contributed by atoms with Crippen LogP contribution in [0, 0.1) is 0 Å². The van der Waals surface area contributed by atoms with Gasteiger partial charge in [-0.3, -0.25) is 4.79 Å². The molecule has 0 spiro atoms. The third kappa shape index (κ3) is 38.4. The van der Waals surface area contributed by atoms with Gasteiger partial charge in [0.05, 0.1) is 18.8 Å². The third-order valence-corrected chi connectivity index (χ3v) is 10.8. The van der Waals surface area contributed by atoms with Gasteiger partial charge >= 0.3 is 0 Å². The molecule has 50 heavy (non-hydrogen) atoms. The van der Waals surface area contributed by atoms with Gasteiger partial charge in [-0.05, 0) is 19.3 Å². The smallest absolute Gasteiger partial charge is 0.220 e. The largest absolute Gasteiger partial charge is 0.394 e. The molecule has 3 N–H and O–H groups in total. The van der Waals surface area contributed by atoms with Crippen LogP contribution in [-0.4, -0.2) is 34.9 Å². The fourth-order valence-electron chi connectivity index (χ4n) is 7.24. The van der Waals surface area contributed by atoms with Gasteiger partial charge in [0.2, 0.25) is 5.91 Å². The summed E-state index contributed by atoms with van der Waals surface area (Å²) in [7, 11) is 0. The van der Waals surface area contributed by atoms with Gasteiger partial charge in [0.25, 0.3) is 0 Å². The zero-order valence-electron chi connectivity index (χ0n) is 34.2. The van der Waals surface area contributed by atoms with Crippen LogP contribution in [0.15, 0.2) is 12.2 Å². The summed E-state index contributed by atoms with van der Waals surface area (Å²) in [6, 6.07) is -0.616. The van der Waals surface area contributed by atoms with Gasteiger partial charge in [0, 0.05) is 6.42 Å². The highest BCUT2D eigenvalue weighted by Gasteiger charge is 2.17. The van der Waals surface area contributed by atoms with Gasteiger partial charge < -0.3 is 15.5 Å². The first-order valence-corrected chi connectivity index (χ1v) is 22.9. The molecule has 0 radical (unpaired) electrons. The van der Waals surface area contributed by atoms with Crippen LogP contribution in [0.1, 0.15) is 258 Å². The first-order valence-electron chi connectivity index (χ1n) is 22.9. The summed E-state index contributed by atoms with van der Waals surface area (Å²) in [6.07, 6.45) is 53.3. The zero-order valence-corrected chi connectivity index (χ0v) is 34.2. The standard InChI is InChI=1S/C46H91NO3/c1-3-5-7-9-11-13-15-17-19-20-21-22-23-24-25-26-27-28-29-31-33-35-37-39-41-45(49)44(43-48)47-46(50)42-40-38-36-34-32-30-18-16-14-12-10-8-6-4-2/h39,41,44-45,48-49H,3-38,40,42-43H2,1-2H3,(H,47,50)/b41-39+. The quantitative estimate of drug-likeness (QED) is 0.0437. The summed E-state index contributed by atoms with van der Waals surface area (Å²) < 4.78 is 0. The highest BCUT2D eigenvalue weighted by atomic mass is 16.3. The van der Waals surface area contributed by atoms with E-state index in [1.165, 1.54) is 212 Å². The number of carbonyl (C=O) groups excluding carboxylic acids is 1. The lowest BCUT2D eigenvalue weighted by molar-refractivity contribution is -0.123. The molecule has 0 aromatic rings. The topological polar surface area (TPSA) is 69.6 Å². The molecule has 2 atom stereocenters. The van der Waals surface area contributed by atoms with Crippen LogP contribution in [-0.2, 0) is 4.79 Å². The molecule has 4 heteroatoms. The predicted octanol–water partition coefficient (Wildman–Crippen LogP) is 14.2. The number of aliphatic hydroxyl groups is 2. The number of hydrogen-bond donors (Lipinski definition) is 3. The number of aliphatic hydroxyl groups excluding tert-OH is 2. The lowest BCUT2D eigenvalue weighted by Crippen LogP contribution is -2.45. The van der Waals surface area contributed by atoms with E-state index in [9.17, 15) is 15.0 Å². The minimum Gasteiger partial charge on any atom is -0.394 e. The van der Waals surface area contributed by atoms with Gasteiger partial charge in [0.15, 0.2) is 0 Å². The maximum Gasteiger partial charge on any atom is 0.220 e. The third-order valence-electron chi connectivity index (χ3n) is 10.8. The Morgan fingerprint density at radius 2 is 0.740 bits per heavy atom. The Bertz CT molecular complexity index is 680. The molecule has 298 valence electrons. The summed E-state index contributed by atoms with van der Waals surface area (Å²) in [4.78, 5) is 12.4. The molecule has 4 nitrogen and oxygen atoms in total. The second-order valence-corrected chi connectivity index (χ2v) is 15.8. The first-order chi connectivity index (χ1) is 24.7. The first kappa shape index (κ1) is 49.1. The van der Waals surface area contributed by atoms with E-state index in [4.69, 9.17) is 0 Å². The molecule has 0 heterocycles. The van der Waals surface area contributed by atoms with E-state index in [1.807, 2.05) is 6.08 Å². The molecule has 0 aromatic carbocycles. The summed E-state index contributed by atoms with van der Waals surface area (Å²) in [6.45, 7) is 4.33. The summed E-state index contributed by atoms with van der Waals surface area (Å²) in [5.74, 6) is -0.0602. The minimum atomic E-state index is -0.833. The van der Waals surface area contributed by atoms with E-state index < -0.39 is 12.1 Å². The van der Waals surface area contributed by atoms with Crippen molar-refractivity contribution in [2.24, 2.45) is 0 Å². The maximum absolute atomic E-state index is 12.4. The SMILES string of the molecule is CCCCCCCCCCCCCCCCCCCCCCCC/C=C/C(O)C(CO)NC(=O)CCCCCCCCCCCCCCCC. The van der Waals surface area contributed by atoms with Crippen molar-refractivity contribution in [3.05, 3.63) is 12.2 Å². The molecular weight excluding hydrogens is 615 g/mol. The van der Waals surface area contributed by atoms with Crippen LogP contribution in [0.25, 0.3) is 0 Å². The number of unbranched alkanes of at least 4 members (excludes halogenated alkanes) is 35. The molecule has 0 aliphatic heterocycles. The number of amides is 1. The average Bonchev–Trinajstić information content (AvgIpc) is 3.12. The summed E-state index contributed by atoms with van der Waals surface area (Å²) in [5, 5.41) is 23.0. The predicted molar refractivity (Wildman–Crippen MR) is 221 cm³/mol. The Kier molecular flexibility index (Phi) is 41.8. The number of hydrogen-bond acceptors (Lipinski definition) is 3. The molecule has 0 saturated carbocycles. The Labute approximate surface area is 314 Å². The number of allylic oxidation sites excluding steroid dienone is 1. The van der Waals surface area contributed by atoms with Crippen molar-refractivity contribution in [1.82, 2.24) is 5.32 Å². The highest BCUT2D eigenvalue weighted by molar-refractivity contribution is 5.76. The molecule has 2 unspecified atom stereocenters. The van der Waals surface area contributed by atoms with Crippen molar-refractivity contribution in [2.75, 3.05) is 6.61 Å². The van der Waals surface area contributed by atoms with Crippen molar-refractivity contribution in [2.45, 2.75) is 270 Å². The van der Waals surface area contributed by atoms with Gasteiger partial charge in [-0.2, -0.15) is 0 Å². The molecule has 0 aliphatic rings. The molecule has 0 rings (SSSR count). The van der Waals surface area contributed by atoms with Crippen LogP contribution in [0.4, 0.5) is 0 Å². The van der Waals surface area contributed by atoms with Crippen LogP contribution in [0.5, 0.6) is 0 Å². The molecule has 1 amide bonds. The Morgan fingerprint density at radius 3 is 1.04 bits per heavy atom. The van der Waals surface area contributed by atoms with Gasteiger partial charge in [-0.25, -0.2) is 0 Å². The van der Waals surface area contributed by atoms with Gasteiger partial charge in [-0.1, -0.05) is 244 Å².